The average Bonchev–Trinajstić information content (AvgIpc) is 3.22. The van der Waals surface area contributed by atoms with Crippen LogP contribution < -0.4 is 9.80 Å². The monoisotopic (exact) mass is 407 g/mol. The zero-order chi connectivity index (χ0) is 20.1. The number of anilines is 2. The van der Waals surface area contributed by atoms with E-state index in [4.69, 9.17) is 0 Å². The largest absolute Gasteiger partial charge is 0.341 e. The van der Waals surface area contributed by atoms with Gasteiger partial charge in [-0.25, -0.2) is 0 Å². The number of aromatic nitrogens is 3. The van der Waals surface area contributed by atoms with Crippen molar-refractivity contribution in [3.63, 3.8) is 0 Å². The smallest absolute Gasteiger partial charge is 0.237 e. The van der Waals surface area contributed by atoms with Crippen LogP contribution in [0.25, 0.3) is 5.69 Å². The standard InChI is InChI=1S/C22H25N5OS/c1-25(18-11-5-2-6-12-18)20(28)17-29-22-24-23-21(26-15-9-4-10-16-26)27(22)19-13-7-3-8-14-19/h2-3,5-8,11-14H,4,9-10,15-17H2,1H3. The summed E-state index contributed by atoms with van der Waals surface area (Å²) in [5.74, 6) is 1.20. The van der Waals surface area contributed by atoms with E-state index in [1.165, 1.54) is 31.0 Å². The second kappa shape index (κ2) is 9.13. The molecule has 2 aromatic carbocycles. The maximum Gasteiger partial charge on any atom is 0.237 e. The molecule has 6 nitrogen and oxygen atoms in total. The molecule has 0 saturated carbocycles. The molecular weight excluding hydrogens is 382 g/mol. The van der Waals surface area contributed by atoms with E-state index >= 15 is 0 Å². The van der Waals surface area contributed by atoms with Crippen LogP contribution in [-0.2, 0) is 4.79 Å². The predicted molar refractivity (Wildman–Crippen MR) is 118 cm³/mol. The summed E-state index contributed by atoms with van der Waals surface area (Å²) in [6.45, 7) is 1.98. The highest BCUT2D eigenvalue weighted by atomic mass is 32.2. The first-order valence-corrected chi connectivity index (χ1v) is 10.9. The Hall–Kier alpha value is -2.80. The number of rotatable bonds is 6. The predicted octanol–water partition coefficient (Wildman–Crippen LogP) is 4.01. The van der Waals surface area contributed by atoms with Crippen molar-refractivity contribution in [3.8, 4) is 5.69 Å². The Balaban J connectivity index is 1.55. The van der Waals surface area contributed by atoms with Gasteiger partial charge in [-0.1, -0.05) is 48.2 Å². The lowest BCUT2D eigenvalue weighted by Gasteiger charge is -2.27. The molecule has 0 N–H and O–H groups in total. The Morgan fingerprint density at radius 2 is 1.62 bits per heavy atom. The van der Waals surface area contributed by atoms with Crippen LogP contribution in [0, 0.1) is 0 Å². The van der Waals surface area contributed by atoms with E-state index in [1.54, 1.807) is 11.9 Å². The van der Waals surface area contributed by atoms with Crippen LogP contribution >= 0.6 is 11.8 Å². The second-order valence-electron chi connectivity index (χ2n) is 7.08. The van der Waals surface area contributed by atoms with E-state index in [0.717, 1.165) is 35.6 Å². The van der Waals surface area contributed by atoms with Gasteiger partial charge in [0.15, 0.2) is 5.16 Å². The van der Waals surface area contributed by atoms with Crippen LogP contribution in [0.2, 0.25) is 0 Å². The first kappa shape index (κ1) is 19.5. The molecule has 29 heavy (non-hydrogen) atoms. The molecule has 1 amide bonds. The number of carbonyl (C=O) groups is 1. The quantitative estimate of drug-likeness (QED) is 0.578. The SMILES string of the molecule is CN(C(=O)CSc1nnc(N2CCCCC2)n1-c1ccccc1)c1ccccc1. The number of nitrogens with zero attached hydrogens (tertiary/aromatic N) is 5. The Morgan fingerprint density at radius 1 is 0.966 bits per heavy atom. The number of amides is 1. The molecule has 0 bridgehead atoms. The fourth-order valence-electron chi connectivity index (χ4n) is 3.48. The van der Waals surface area contributed by atoms with E-state index < -0.39 is 0 Å². The van der Waals surface area contributed by atoms with Gasteiger partial charge in [0.25, 0.3) is 0 Å². The Labute approximate surface area is 175 Å². The van der Waals surface area contributed by atoms with Crippen molar-refractivity contribution < 1.29 is 4.79 Å². The Kier molecular flexibility index (Phi) is 6.14. The van der Waals surface area contributed by atoms with Gasteiger partial charge in [0.05, 0.1) is 11.4 Å². The zero-order valence-corrected chi connectivity index (χ0v) is 17.4. The molecule has 0 atom stereocenters. The van der Waals surface area contributed by atoms with Crippen molar-refractivity contribution in [1.29, 1.82) is 0 Å². The number of hydrogen-bond acceptors (Lipinski definition) is 5. The first-order valence-electron chi connectivity index (χ1n) is 9.94. The highest BCUT2D eigenvalue weighted by Crippen LogP contribution is 2.28. The normalized spacial score (nSPS) is 14.0. The number of para-hydroxylation sites is 2. The third kappa shape index (κ3) is 4.45. The van der Waals surface area contributed by atoms with Crippen LogP contribution in [-0.4, -0.2) is 46.6 Å². The van der Waals surface area contributed by atoms with Crippen LogP contribution in [0.15, 0.2) is 65.8 Å². The molecule has 2 heterocycles. The number of carbonyl (C=O) groups excluding carboxylic acids is 1. The third-order valence-electron chi connectivity index (χ3n) is 5.11. The molecule has 0 unspecified atom stereocenters. The van der Waals surface area contributed by atoms with Gasteiger partial charge in [-0.2, -0.15) is 0 Å². The Morgan fingerprint density at radius 3 is 2.31 bits per heavy atom. The fraction of sp³-hybridized carbons (Fsp3) is 0.318. The van der Waals surface area contributed by atoms with Gasteiger partial charge in [0, 0.05) is 25.8 Å². The maximum absolute atomic E-state index is 12.7. The minimum absolute atomic E-state index is 0.0309. The van der Waals surface area contributed by atoms with Crippen LogP contribution in [0.1, 0.15) is 19.3 Å². The van der Waals surface area contributed by atoms with Crippen molar-refractivity contribution in [2.45, 2.75) is 24.4 Å². The molecule has 4 rings (SSSR count). The Bertz CT molecular complexity index is 938. The molecule has 1 aliphatic rings. The van der Waals surface area contributed by atoms with E-state index in [0.29, 0.717) is 5.75 Å². The van der Waals surface area contributed by atoms with E-state index in [9.17, 15) is 4.79 Å². The average molecular weight is 408 g/mol. The van der Waals surface area contributed by atoms with Crippen LogP contribution in [0.4, 0.5) is 11.6 Å². The number of benzene rings is 2. The van der Waals surface area contributed by atoms with Crippen molar-refractivity contribution in [2.24, 2.45) is 0 Å². The molecule has 3 aromatic rings. The molecule has 1 aliphatic heterocycles. The fourth-order valence-corrected chi connectivity index (χ4v) is 4.34. The molecule has 150 valence electrons. The lowest BCUT2D eigenvalue weighted by molar-refractivity contribution is -0.115. The zero-order valence-electron chi connectivity index (χ0n) is 16.6. The lowest BCUT2D eigenvalue weighted by atomic mass is 10.1. The van der Waals surface area contributed by atoms with Crippen LogP contribution in [0.5, 0.6) is 0 Å². The van der Waals surface area contributed by atoms with Gasteiger partial charge in [-0.3, -0.25) is 9.36 Å². The second-order valence-corrected chi connectivity index (χ2v) is 8.02. The summed E-state index contributed by atoms with van der Waals surface area (Å²) in [4.78, 5) is 16.7. The number of piperidine rings is 1. The first-order chi connectivity index (χ1) is 14.2. The third-order valence-corrected chi connectivity index (χ3v) is 6.03. The maximum atomic E-state index is 12.7. The molecule has 0 radical (unpaired) electrons. The van der Waals surface area contributed by atoms with Gasteiger partial charge in [0.2, 0.25) is 11.9 Å². The molecule has 1 fully saturated rings. The van der Waals surface area contributed by atoms with Gasteiger partial charge >= 0.3 is 0 Å². The minimum atomic E-state index is 0.0309. The van der Waals surface area contributed by atoms with Crippen molar-refractivity contribution in [3.05, 3.63) is 60.7 Å². The van der Waals surface area contributed by atoms with Crippen molar-refractivity contribution >= 4 is 29.3 Å². The van der Waals surface area contributed by atoms with Gasteiger partial charge in [0.1, 0.15) is 0 Å². The molecule has 7 heteroatoms. The van der Waals surface area contributed by atoms with E-state index in [2.05, 4.69) is 31.8 Å². The van der Waals surface area contributed by atoms with Gasteiger partial charge in [-0.15, -0.1) is 10.2 Å². The van der Waals surface area contributed by atoms with Crippen molar-refractivity contribution in [2.75, 3.05) is 35.7 Å². The van der Waals surface area contributed by atoms with Crippen LogP contribution in [0.3, 0.4) is 0 Å². The van der Waals surface area contributed by atoms with Crippen molar-refractivity contribution in [1.82, 2.24) is 14.8 Å². The van der Waals surface area contributed by atoms with Gasteiger partial charge < -0.3 is 9.80 Å². The molecular formula is C22H25N5OS. The van der Waals surface area contributed by atoms with E-state index in [-0.39, 0.29) is 5.91 Å². The molecule has 0 spiro atoms. The lowest BCUT2D eigenvalue weighted by Crippen LogP contribution is -2.31. The molecule has 1 saturated heterocycles. The summed E-state index contributed by atoms with van der Waals surface area (Å²) in [5, 5.41) is 9.67. The summed E-state index contributed by atoms with van der Waals surface area (Å²) in [5.41, 5.74) is 1.90. The molecule has 0 aliphatic carbocycles. The summed E-state index contributed by atoms with van der Waals surface area (Å²) in [6.07, 6.45) is 3.60. The van der Waals surface area contributed by atoms with E-state index in [1.807, 2.05) is 48.5 Å². The topological polar surface area (TPSA) is 54.3 Å². The highest BCUT2D eigenvalue weighted by molar-refractivity contribution is 7.99. The summed E-state index contributed by atoms with van der Waals surface area (Å²) in [6, 6.07) is 19.8. The number of hydrogen-bond donors (Lipinski definition) is 0. The highest BCUT2D eigenvalue weighted by Gasteiger charge is 2.22. The summed E-state index contributed by atoms with van der Waals surface area (Å²) in [7, 11) is 1.80. The summed E-state index contributed by atoms with van der Waals surface area (Å²) >= 11 is 1.43. The molecule has 1 aromatic heterocycles. The number of thioether (sulfide) groups is 1. The van der Waals surface area contributed by atoms with Gasteiger partial charge in [-0.05, 0) is 43.5 Å². The summed E-state index contributed by atoms with van der Waals surface area (Å²) < 4.78 is 2.08. The minimum Gasteiger partial charge on any atom is -0.341 e.